The first kappa shape index (κ1) is 15.6. The van der Waals surface area contributed by atoms with Crippen LogP contribution in [0.25, 0.3) is 10.9 Å². The molecule has 4 N–H and O–H groups in total. The second-order valence-electron chi connectivity index (χ2n) is 5.50. The quantitative estimate of drug-likeness (QED) is 0.698. The summed E-state index contributed by atoms with van der Waals surface area (Å²) in [6, 6.07) is 8.38. The number of fused-ring (bicyclic) bond motifs is 1. The van der Waals surface area contributed by atoms with Gasteiger partial charge in [0.1, 0.15) is 0 Å². The van der Waals surface area contributed by atoms with Crippen LogP contribution < -0.4 is 11.1 Å². The highest BCUT2D eigenvalue weighted by Crippen LogP contribution is 2.19. The molecule has 0 aliphatic heterocycles. The van der Waals surface area contributed by atoms with E-state index in [2.05, 4.69) is 29.4 Å². The number of aromatic amines is 1. The molecule has 4 heteroatoms. The Kier molecular flexibility index (Phi) is 5.81. The molecule has 4 nitrogen and oxygen atoms in total. The fourth-order valence-corrected chi connectivity index (χ4v) is 2.68. The number of rotatable bonds is 8. The van der Waals surface area contributed by atoms with Crippen molar-refractivity contribution in [1.29, 1.82) is 0 Å². The molecular formula is C17H25N3O. The van der Waals surface area contributed by atoms with E-state index in [9.17, 15) is 4.79 Å². The minimum Gasteiger partial charge on any atom is -0.361 e. The van der Waals surface area contributed by atoms with Gasteiger partial charge in [0, 0.05) is 36.1 Å². The molecule has 1 amide bonds. The molecule has 2 rings (SSSR count). The van der Waals surface area contributed by atoms with Gasteiger partial charge >= 0.3 is 0 Å². The Morgan fingerprint density at radius 3 is 2.95 bits per heavy atom. The van der Waals surface area contributed by atoms with E-state index in [-0.39, 0.29) is 11.9 Å². The molecule has 1 aromatic heterocycles. The third-order valence-corrected chi connectivity index (χ3v) is 3.81. The van der Waals surface area contributed by atoms with Crippen molar-refractivity contribution in [2.75, 3.05) is 6.54 Å². The summed E-state index contributed by atoms with van der Waals surface area (Å²) >= 11 is 0. The van der Waals surface area contributed by atoms with Gasteiger partial charge in [0.15, 0.2) is 0 Å². The average Bonchev–Trinajstić information content (AvgIpc) is 2.90. The van der Waals surface area contributed by atoms with Crippen LogP contribution in [-0.2, 0) is 11.2 Å². The van der Waals surface area contributed by atoms with E-state index in [0.717, 1.165) is 31.2 Å². The first-order valence-electron chi connectivity index (χ1n) is 7.79. The van der Waals surface area contributed by atoms with Gasteiger partial charge in [0.2, 0.25) is 5.91 Å². The summed E-state index contributed by atoms with van der Waals surface area (Å²) in [4.78, 5) is 15.2. The Balaban J connectivity index is 1.80. The number of carbonyl (C=O) groups excluding carboxylic acids is 1. The van der Waals surface area contributed by atoms with E-state index in [1.54, 1.807) is 0 Å². The number of nitrogens with one attached hydrogen (secondary N) is 2. The van der Waals surface area contributed by atoms with Gasteiger partial charge in [-0.05, 0) is 30.9 Å². The zero-order valence-electron chi connectivity index (χ0n) is 12.7. The van der Waals surface area contributed by atoms with E-state index < -0.39 is 0 Å². The fraction of sp³-hybridized carbons (Fsp3) is 0.471. The lowest BCUT2D eigenvalue weighted by atomic mass is 10.1. The molecule has 114 valence electrons. The SMILES string of the molecule is CCCC(CN)NC(=O)CCCc1c[nH]c2ccccc12. The van der Waals surface area contributed by atoms with E-state index in [4.69, 9.17) is 5.73 Å². The highest BCUT2D eigenvalue weighted by atomic mass is 16.1. The third kappa shape index (κ3) is 4.33. The standard InChI is InChI=1S/C17H25N3O/c1-2-6-14(11-18)20-17(21)10-5-7-13-12-19-16-9-4-3-8-15(13)16/h3-4,8-9,12,14,19H,2,5-7,10-11,18H2,1H3,(H,20,21). The number of benzene rings is 1. The Labute approximate surface area is 126 Å². The zero-order valence-corrected chi connectivity index (χ0v) is 12.7. The van der Waals surface area contributed by atoms with E-state index in [0.29, 0.717) is 13.0 Å². The summed E-state index contributed by atoms with van der Waals surface area (Å²) in [5.74, 6) is 0.110. The largest absolute Gasteiger partial charge is 0.361 e. The summed E-state index contributed by atoms with van der Waals surface area (Å²) in [7, 11) is 0. The van der Waals surface area contributed by atoms with Crippen molar-refractivity contribution >= 4 is 16.8 Å². The number of H-pyrrole nitrogens is 1. The lowest BCUT2D eigenvalue weighted by molar-refractivity contribution is -0.121. The van der Waals surface area contributed by atoms with Crippen LogP contribution in [0.15, 0.2) is 30.5 Å². The molecule has 0 spiro atoms. The van der Waals surface area contributed by atoms with Gasteiger partial charge in [-0.25, -0.2) is 0 Å². The van der Waals surface area contributed by atoms with Gasteiger partial charge < -0.3 is 16.0 Å². The number of aromatic nitrogens is 1. The third-order valence-electron chi connectivity index (χ3n) is 3.81. The second-order valence-corrected chi connectivity index (χ2v) is 5.50. The van der Waals surface area contributed by atoms with Crippen LogP contribution in [0.2, 0.25) is 0 Å². The maximum Gasteiger partial charge on any atom is 0.220 e. The smallest absolute Gasteiger partial charge is 0.220 e. The first-order valence-corrected chi connectivity index (χ1v) is 7.79. The molecule has 2 aromatic rings. The summed E-state index contributed by atoms with van der Waals surface area (Å²) in [6.45, 7) is 2.62. The number of carbonyl (C=O) groups is 1. The Morgan fingerprint density at radius 2 is 2.19 bits per heavy atom. The predicted molar refractivity (Wildman–Crippen MR) is 87.1 cm³/mol. The number of para-hydroxylation sites is 1. The normalized spacial score (nSPS) is 12.5. The van der Waals surface area contributed by atoms with E-state index in [1.165, 1.54) is 10.9 Å². The molecule has 0 aliphatic carbocycles. The van der Waals surface area contributed by atoms with E-state index >= 15 is 0 Å². The molecule has 1 heterocycles. The molecule has 1 unspecified atom stereocenters. The lowest BCUT2D eigenvalue weighted by Gasteiger charge is -2.15. The van der Waals surface area contributed by atoms with E-state index in [1.807, 2.05) is 18.3 Å². The molecule has 0 fully saturated rings. The van der Waals surface area contributed by atoms with Crippen molar-refractivity contribution in [3.05, 3.63) is 36.0 Å². The van der Waals surface area contributed by atoms with Gasteiger partial charge in [-0.2, -0.15) is 0 Å². The van der Waals surface area contributed by atoms with Crippen LogP contribution in [-0.4, -0.2) is 23.5 Å². The van der Waals surface area contributed by atoms with Crippen molar-refractivity contribution in [2.45, 2.75) is 45.1 Å². The molecule has 1 aromatic carbocycles. The van der Waals surface area contributed by atoms with Crippen LogP contribution in [0, 0.1) is 0 Å². The monoisotopic (exact) mass is 287 g/mol. The number of amides is 1. The Hall–Kier alpha value is -1.81. The highest BCUT2D eigenvalue weighted by molar-refractivity contribution is 5.83. The molecule has 0 saturated carbocycles. The Bertz CT molecular complexity index is 576. The van der Waals surface area contributed by atoms with Crippen LogP contribution in [0.5, 0.6) is 0 Å². The minimum absolute atomic E-state index is 0.110. The van der Waals surface area contributed by atoms with Crippen LogP contribution in [0.1, 0.15) is 38.2 Å². The predicted octanol–water partition coefficient (Wildman–Crippen LogP) is 2.73. The van der Waals surface area contributed by atoms with Gasteiger partial charge in [0.05, 0.1) is 0 Å². The maximum atomic E-state index is 11.9. The van der Waals surface area contributed by atoms with Gasteiger partial charge in [0.25, 0.3) is 0 Å². The van der Waals surface area contributed by atoms with Crippen molar-refractivity contribution in [1.82, 2.24) is 10.3 Å². The fourth-order valence-electron chi connectivity index (χ4n) is 2.68. The number of hydrogen-bond donors (Lipinski definition) is 3. The first-order chi connectivity index (χ1) is 10.2. The molecule has 0 bridgehead atoms. The van der Waals surface area contributed by atoms with Gasteiger partial charge in [-0.15, -0.1) is 0 Å². The summed E-state index contributed by atoms with van der Waals surface area (Å²) in [5, 5.41) is 4.27. The molecule has 0 saturated heterocycles. The van der Waals surface area contributed by atoms with Crippen LogP contribution >= 0.6 is 0 Å². The van der Waals surface area contributed by atoms with Crippen molar-refractivity contribution in [3.63, 3.8) is 0 Å². The zero-order chi connectivity index (χ0) is 15.1. The van der Waals surface area contributed by atoms with Crippen LogP contribution in [0.3, 0.4) is 0 Å². The van der Waals surface area contributed by atoms with Gasteiger partial charge in [-0.1, -0.05) is 31.5 Å². The van der Waals surface area contributed by atoms with Crippen molar-refractivity contribution in [3.8, 4) is 0 Å². The minimum atomic E-state index is 0.110. The second kappa shape index (κ2) is 7.84. The summed E-state index contributed by atoms with van der Waals surface area (Å²) in [6.07, 6.45) is 6.36. The molecule has 0 aliphatic rings. The van der Waals surface area contributed by atoms with Gasteiger partial charge in [-0.3, -0.25) is 4.79 Å². The number of aryl methyl sites for hydroxylation is 1. The maximum absolute atomic E-state index is 11.9. The summed E-state index contributed by atoms with van der Waals surface area (Å²) < 4.78 is 0. The Morgan fingerprint density at radius 1 is 1.38 bits per heavy atom. The van der Waals surface area contributed by atoms with Crippen molar-refractivity contribution < 1.29 is 4.79 Å². The molecule has 0 radical (unpaired) electrons. The highest BCUT2D eigenvalue weighted by Gasteiger charge is 2.10. The molecular weight excluding hydrogens is 262 g/mol. The van der Waals surface area contributed by atoms with Crippen molar-refractivity contribution in [2.24, 2.45) is 5.73 Å². The molecule has 1 atom stereocenters. The number of nitrogens with two attached hydrogens (primary N) is 1. The topological polar surface area (TPSA) is 70.9 Å². The summed E-state index contributed by atoms with van der Waals surface area (Å²) in [5.41, 5.74) is 8.09. The van der Waals surface area contributed by atoms with Crippen LogP contribution in [0.4, 0.5) is 0 Å². The lowest BCUT2D eigenvalue weighted by Crippen LogP contribution is -2.39. The average molecular weight is 287 g/mol. The number of hydrogen-bond acceptors (Lipinski definition) is 2. The molecule has 21 heavy (non-hydrogen) atoms.